The van der Waals surface area contributed by atoms with Crippen LogP contribution < -0.4 is 20.1 Å². The Morgan fingerprint density at radius 1 is 0.926 bits per heavy atom. The van der Waals surface area contributed by atoms with Gasteiger partial charge >= 0.3 is 0 Å². The summed E-state index contributed by atoms with van der Waals surface area (Å²) in [5, 5.41) is 6.32. The summed E-state index contributed by atoms with van der Waals surface area (Å²) >= 11 is 0. The monoisotopic (exact) mass is 360 g/mol. The number of carbonyl (C=O) groups is 1. The van der Waals surface area contributed by atoms with Crippen molar-refractivity contribution in [2.24, 2.45) is 0 Å². The standard InChI is InChI=1S/C22H20N2O3/c1-2-15-5-3-4-6-19(15)23-17-8-10-18(11-9-17)24-22(25)16-7-12-20-21(13-16)27-14-26-20/h3-13,23H,2,14H2,1H3,(H,24,25). The van der Waals surface area contributed by atoms with Gasteiger partial charge in [0.1, 0.15) is 0 Å². The van der Waals surface area contributed by atoms with E-state index >= 15 is 0 Å². The van der Waals surface area contributed by atoms with Crippen LogP contribution in [-0.4, -0.2) is 12.7 Å². The van der Waals surface area contributed by atoms with E-state index in [-0.39, 0.29) is 12.7 Å². The molecule has 0 fully saturated rings. The van der Waals surface area contributed by atoms with Crippen LogP contribution in [0.5, 0.6) is 11.5 Å². The lowest BCUT2D eigenvalue weighted by Gasteiger charge is -2.12. The van der Waals surface area contributed by atoms with Crippen molar-refractivity contribution >= 4 is 23.0 Å². The Morgan fingerprint density at radius 3 is 2.48 bits per heavy atom. The van der Waals surface area contributed by atoms with Gasteiger partial charge in [-0.15, -0.1) is 0 Å². The molecule has 3 aromatic rings. The van der Waals surface area contributed by atoms with E-state index in [9.17, 15) is 4.79 Å². The molecule has 5 nitrogen and oxygen atoms in total. The van der Waals surface area contributed by atoms with Crippen LogP contribution in [0, 0.1) is 0 Å². The highest BCUT2D eigenvalue weighted by Gasteiger charge is 2.16. The molecule has 0 saturated carbocycles. The minimum Gasteiger partial charge on any atom is -0.454 e. The van der Waals surface area contributed by atoms with Crippen molar-refractivity contribution in [3.63, 3.8) is 0 Å². The van der Waals surface area contributed by atoms with Crippen LogP contribution >= 0.6 is 0 Å². The number of carbonyl (C=O) groups excluding carboxylic acids is 1. The summed E-state index contributed by atoms with van der Waals surface area (Å²) in [5.74, 6) is 1.07. The van der Waals surface area contributed by atoms with E-state index in [1.165, 1.54) is 5.56 Å². The molecular formula is C22H20N2O3. The number of ether oxygens (including phenoxy) is 2. The second-order valence-corrected chi connectivity index (χ2v) is 6.24. The number of benzene rings is 3. The molecule has 0 spiro atoms. The van der Waals surface area contributed by atoms with E-state index in [1.54, 1.807) is 18.2 Å². The van der Waals surface area contributed by atoms with Gasteiger partial charge in [0, 0.05) is 22.6 Å². The van der Waals surface area contributed by atoms with Crippen molar-refractivity contribution in [2.45, 2.75) is 13.3 Å². The molecule has 27 heavy (non-hydrogen) atoms. The third-order valence-corrected chi connectivity index (χ3v) is 4.45. The zero-order valence-electron chi connectivity index (χ0n) is 15.0. The number of fused-ring (bicyclic) bond motifs is 1. The highest BCUT2D eigenvalue weighted by Crippen LogP contribution is 2.32. The Hall–Kier alpha value is -3.47. The van der Waals surface area contributed by atoms with E-state index < -0.39 is 0 Å². The largest absolute Gasteiger partial charge is 0.454 e. The second-order valence-electron chi connectivity index (χ2n) is 6.24. The van der Waals surface area contributed by atoms with Gasteiger partial charge < -0.3 is 20.1 Å². The first kappa shape index (κ1) is 17.0. The van der Waals surface area contributed by atoms with Crippen LogP contribution in [0.1, 0.15) is 22.8 Å². The summed E-state index contributed by atoms with van der Waals surface area (Å²) in [4.78, 5) is 12.5. The van der Waals surface area contributed by atoms with E-state index in [4.69, 9.17) is 9.47 Å². The van der Waals surface area contributed by atoms with Gasteiger partial charge in [-0.1, -0.05) is 25.1 Å². The normalized spacial score (nSPS) is 11.9. The fraction of sp³-hybridized carbons (Fsp3) is 0.136. The number of anilines is 3. The first-order valence-corrected chi connectivity index (χ1v) is 8.89. The topological polar surface area (TPSA) is 59.6 Å². The molecule has 1 aliphatic heterocycles. The van der Waals surface area contributed by atoms with Crippen LogP contribution in [0.25, 0.3) is 0 Å². The van der Waals surface area contributed by atoms with Crippen LogP contribution in [0.4, 0.5) is 17.1 Å². The Balaban J connectivity index is 1.44. The molecule has 2 N–H and O–H groups in total. The average molecular weight is 360 g/mol. The van der Waals surface area contributed by atoms with E-state index in [1.807, 2.05) is 36.4 Å². The predicted octanol–water partition coefficient (Wildman–Crippen LogP) is 4.97. The van der Waals surface area contributed by atoms with Gasteiger partial charge in [-0.25, -0.2) is 0 Å². The molecule has 0 atom stereocenters. The summed E-state index contributed by atoms with van der Waals surface area (Å²) < 4.78 is 10.6. The first-order chi connectivity index (χ1) is 13.2. The Labute approximate surface area is 157 Å². The summed E-state index contributed by atoms with van der Waals surface area (Å²) in [5.41, 5.74) is 4.58. The molecule has 0 bridgehead atoms. The van der Waals surface area contributed by atoms with Crippen molar-refractivity contribution in [2.75, 3.05) is 17.4 Å². The Kier molecular flexibility index (Phi) is 4.66. The zero-order chi connectivity index (χ0) is 18.6. The second kappa shape index (κ2) is 7.41. The maximum absolute atomic E-state index is 12.5. The third-order valence-electron chi connectivity index (χ3n) is 4.45. The van der Waals surface area contributed by atoms with Crippen molar-refractivity contribution in [3.8, 4) is 11.5 Å². The Bertz CT molecular complexity index is 968. The number of hydrogen-bond acceptors (Lipinski definition) is 4. The molecule has 1 heterocycles. The first-order valence-electron chi connectivity index (χ1n) is 8.89. The number of hydrogen-bond donors (Lipinski definition) is 2. The molecule has 136 valence electrons. The molecular weight excluding hydrogens is 340 g/mol. The van der Waals surface area contributed by atoms with Gasteiger partial charge in [0.05, 0.1) is 0 Å². The van der Waals surface area contributed by atoms with Crippen molar-refractivity contribution < 1.29 is 14.3 Å². The number of nitrogens with one attached hydrogen (secondary N) is 2. The Morgan fingerprint density at radius 2 is 1.67 bits per heavy atom. The molecule has 0 unspecified atom stereocenters. The van der Waals surface area contributed by atoms with Gasteiger partial charge in [-0.3, -0.25) is 4.79 Å². The third kappa shape index (κ3) is 3.72. The highest BCUT2D eigenvalue weighted by molar-refractivity contribution is 6.04. The minimum absolute atomic E-state index is 0.190. The van der Waals surface area contributed by atoms with Gasteiger partial charge in [0.25, 0.3) is 5.91 Å². The molecule has 1 amide bonds. The number of para-hydroxylation sites is 1. The summed E-state index contributed by atoms with van der Waals surface area (Å²) in [6.45, 7) is 2.32. The molecule has 3 aromatic carbocycles. The fourth-order valence-electron chi connectivity index (χ4n) is 2.98. The summed E-state index contributed by atoms with van der Waals surface area (Å²) in [6.07, 6.45) is 0.965. The molecule has 4 rings (SSSR count). The molecule has 0 aliphatic carbocycles. The lowest BCUT2D eigenvalue weighted by atomic mass is 10.1. The van der Waals surface area contributed by atoms with Gasteiger partial charge in [0.2, 0.25) is 6.79 Å². The number of rotatable bonds is 5. The van der Waals surface area contributed by atoms with Crippen LogP contribution in [0.2, 0.25) is 0 Å². The smallest absolute Gasteiger partial charge is 0.255 e. The zero-order valence-corrected chi connectivity index (χ0v) is 15.0. The van der Waals surface area contributed by atoms with E-state index in [0.29, 0.717) is 17.1 Å². The molecule has 5 heteroatoms. The molecule has 0 saturated heterocycles. The van der Waals surface area contributed by atoms with Crippen LogP contribution in [0.15, 0.2) is 66.7 Å². The van der Waals surface area contributed by atoms with Crippen molar-refractivity contribution in [1.82, 2.24) is 0 Å². The van der Waals surface area contributed by atoms with Gasteiger partial charge in [0.15, 0.2) is 11.5 Å². The van der Waals surface area contributed by atoms with E-state index in [2.05, 4.69) is 29.7 Å². The van der Waals surface area contributed by atoms with Gasteiger partial charge in [-0.2, -0.15) is 0 Å². The lowest BCUT2D eigenvalue weighted by molar-refractivity contribution is 0.102. The number of aryl methyl sites for hydroxylation is 1. The number of amides is 1. The van der Waals surface area contributed by atoms with Crippen LogP contribution in [-0.2, 0) is 6.42 Å². The van der Waals surface area contributed by atoms with Crippen LogP contribution in [0.3, 0.4) is 0 Å². The lowest BCUT2D eigenvalue weighted by Crippen LogP contribution is -2.11. The summed E-state index contributed by atoms with van der Waals surface area (Å²) in [7, 11) is 0. The van der Waals surface area contributed by atoms with Crippen molar-refractivity contribution in [1.29, 1.82) is 0 Å². The average Bonchev–Trinajstić information content (AvgIpc) is 3.17. The van der Waals surface area contributed by atoms with E-state index in [0.717, 1.165) is 23.5 Å². The highest BCUT2D eigenvalue weighted by atomic mass is 16.7. The molecule has 0 aromatic heterocycles. The summed E-state index contributed by atoms with van der Waals surface area (Å²) in [6, 6.07) is 21.0. The van der Waals surface area contributed by atoms with Gasteiger partial charge in [-0.05, 0) is 60.5 Å². The van der Waals surface area contributed by atoms with Crippen molar-refractivity contribution in [3.05, 3.63) is 77.9 Å². The molecule has 0 radical (unpaired) electrons. The fourth-order valence-corrected chi connectivity index (χ4v) is 2.98. The minimum atomic E-state index is -0.190. The molecule has 1 aliphatic rings. The quantitative estimate of drug-likeness (QED) is 0.674. The predicted molar refractivity (Wildman–Crippen MR) is 106 cm³/mol. The maximum Gasteiger partial charge on any atom is 0.255 e. The maximum atomic E-state index is 12.5. The SMILES string of the molecule is CCc1ccccc1Nc1ccc(NC(=O)c2ccc3c(c2)OCO3)cc1.